The van der Waals surface area contributed by atoms with Crippen LogP contribution in [-0.2, 0) is 19.6 Å². The molecule has 5 rings (SSSR count). The Morgan fingerprint density at radius 1 is 1.08 bits per heavy atom. The molecule has 1 aliphatic carbocycles. The third-order valence-electron chi connectivity index (χ3n) is 8.09. The zero-order valence-corrected chi connectivity index (χ0v) is 22.0. The van der Waals surface area contributed by atoms with Crippen LogP contribution in [0.4, 0.5) is 10.5 Å². The number of sulfonamides is 1. The molecule has 4 amide bonds. The summed E-state index contributed by atoms with van der Waals surface area (Å²) in [5.41, 5.74) is 0.978. The second-order valence-corrected chi connectivity index (χ2v) is 12.4. The number of hydrogen-bond acceptors (Lipinski definition) is 6. The maximum atomic E-state index is 13.1. The monoisotopic (exact) mass is 527 g/mol. The summed E-state index contributed by atoms with van der Waals surface area (Å²) in [7, 11) is -3.70. The van der Waals surface area contributed by atoms with Crippen molar-refractivity contribution in [1.82, 2.24) is 14.9 Å². The minimum absolute atomic E-state index is 0.0386. The molecule has 11 heteroatoms. The number of aryl methyl sites for hydroxylation is 1. The number of carbonyl (C=O) groups is 3. The van der Waals surface area contributed by atoms with Gasteiger partial charge in [0.1, 0.15) is 11.4 Å². The van der Waals surface area contributed by atoms with Gasteiger partial charge in [-0.25, -0.2) is 18.1 Å². The number of benzene rings is 1. The van der Waals surface area contributed by atoms with E-state index in [0.29, 0.717) is 30.0 Å². The Morgan fingerprint density at radius 3 is 2.41 bits per heavy atom. The number of anilines is 1. The summed E-state index contributed by atoms with van der Waals surface area (Å²) >= 11 is 0. The van der Waals surface area contributed by atoms with Gasteiger partial charge in [0.15, 0.2) is 0 Å². The van der Waals surface area contributed by atoms with Crippen LogP contribution in [-0.4, -0.2) is 61.6 Å². The molecule has 0 aromatic heterocycles. The molecular formula is C26H33N5O5S. The van der Waals surface area contributed by atoms with Crippen LogP contribution in [0.1, 0.15) is 56.6 Å². The molecule has 3 aliphatic heterocycles. The van der Waals surface area contributed by atoms with E-state index in [2.05, 4.69) is 17.6 Å². The van der Waals surface area contributed by atoms with Crippen molar-refractivity contribution < 1.29 is 22.8 Å². The SMILES string of the molecule is Cc1cc(N2C(=O)CNC2=O)ccc1/C=C/S(=O)(=O)N1CCC2(CC1)N=C(C1CCC(C)CC1)NC2=O. The third kappa shape index (κ3) is 4.94. The summed E-state index contributed by atoms with van der Waals surface area (Å²) in [6.07, 6.45) is 6.58. The van der Waals surface area contributed by atoms with E-state index in [0.717, 1.165) is 42.0 Å². The van der Waals surface area contributed by atoms with Crippen LogP contribution in [0.3, 0.4) is 0 Å². The van der Waals surface area contributed by atoms with Gasteiger partial charge in [-0.1, -0.05) is 25.8 Å². The number of amides is 4. The Bertz CT molecular complexity index is 1270. The van der Waals surface area contributed by atoms with E-state index in [9.17, 15) is 22.8 Å². The van der Waals surface area contributed by atoms with Crippen molar-refractivity contribution in [3.05, 3.63) is 34.7 Å². The minimum atomic E-state index is -3.70. The van der Waals surface area contributed by atoms with Crippen LogP contribution in [0.15, 0.2) is 28.6 Å². The van der Waals surface area contributed by atoms with Crippen LogP contribution in [0.2, 0.25) is 0 Å². The van der Waals surface area contributed by atoms with Crippen molar-refractivity contribution in [3.8, 4) is 0 Å². The Kier molecular flexibility index (Phi) is 6.70. The molecule has 0 radical (unpaired) electrons. The van der Waals surface area contributed by atoms with E-state index in [4.69, 9.17) is 4.99 Å². The smallest absolute Gasteiger partial charge is 0.328 e. The molecular weight excluding hydrogens is 494 g/mol. The second-order valence-electron chi connectivity index (χ2n) is 10.6. The Hall–Kier alpha value is -3.05. The van der Waals surface area contributed by atoms with E-state index in [1.165, 1.54) is 15.8 Å². The van der Waals surface area contributed by atoms with Gasteiger partial charge in [0.2, 0.25) is 10.0 Å². The standard InChI is InChI=1S/C26H33N5O5S/c1-17-3-5-20(6-4-17)23-28-24(33)26(29-23)10-12-30(13-11-26)37(35,36)14-9-19-7-8-21(15-18(19)2)31-22(32)16-27-25(31)34/h7-9,14-15,17,20H,3-6,10-13,16H2,1-2H3,(H,27,34)(H,28,29,33)/b14-9+. The maximum absolute atomic E-state index is 13.1. The number of piperidine rings is 1. The van der Waals surface area contributed by atoms with Gasteiger partial charge in [0.05, 0.1) is 12.2 Å². The molecule has 2 N–H and O–H groups in total. The summed E-state index contributed by atoms with van der Waals surface area (Å²) in [5.74, 6) is 1.35. The number of nitrogens with zero attached hydrogens (tertiary/aromatic N) is 3. The molecule has 1 aromatic rings. The molecule has 1 aromatic carbocycles. The summed E-state index contributed by atoms with van der Waals surface area (Å²) in [6, 6.07) is 4.51. The highest BCUT2D eigenvalue weighted by Crippen LogP contribution is 2.36. The molecule has 1 saturated carbocycles. The molecule has 3 fully saturated rings. The lowest BCUT2D eigenvalue weighted by Crippen LogP contribution is -2.50. The largest absolute Gasteiger partial charge is 0.329 e. The van der Waals surface area contributed by atoms with Crippen molar-refractivity contribution in [2.45, 2.75) is 57.9 Å². The van der Waals surface area contributed by atoms with Crippen molar-refractivity contribution in [3.63, 3.8) is 0 Å². The minimum Gasteiger partial charge on any atom is -0.328 e. The first kappa shape index (κ1) is 25.6. The molecule has 2 saturated heterocycles. The Morgan fingerprint density at radius 2 is 1.78 bits per heavy atom. The Balaban J connectivity index is 1.24. The summed E-state index contributed by atoms with van der Waals surface area (Å²) in [6.45, 7) is 4.46. The molecule has 10 nitrogen and oxygen atoms in total. The lowest BCUT2D eigenvalue weighted by Gasteiger charge is -2.34. The second kappa shape index (κ2) is 9.68. The number of urea groups is 1. The molecule has 198 valence electrons. The normalized spacial score (nSPS) is 26.6. The van der Waals surface area contributed by atoms with Crippen molar-refractivity contribution in [2.24, 2.45) is 16.8 Å². The predicted molar refractivity (Wildman–Crippen MR) is 140 cm³/mol. The van der Waals surface area contributed by atoms with E-state index in [-0.39, 0.29) is 37.4 Å². The average Bonchev–Trinajstić information content (AvgIpc) is 3.37. The van der Waals surface area contributed by atoms with Crippen LogP contribution in [0, 0.1) is 18.8 Å². The van der Waals surface area contributed by atoms with Gasteiger partial charge < -0.3 is 10.6 Å². The fourth-order valence-electron chi connectivity index (χ4n) is 5.63. The number of carbonyl (C=O) groups excluding carboxylic acids is 3. The molecule has 3 heterocycles. The van der Waals surface area contributed by atoms with Crippen molar-refractivity contribution in [1.29, 1.82) is 0 Å². The topological polar surface area (TPSA) is 128 Å². The lowest BCUT2D eigenvalue weighted by atomic mass is 9.82. The van der Waals surface area contributed by atoms with Crippen LogP contribution >= 0.6 is 0 Å². The molecule has 0 unspecified atom stereocenters. The number of rotatable bonds is 5. The number of amidine groups is 1. The van der Waals surface area contributed by atoms with E-state index < -0.39 is 21.6 Å². The van der Waals surface area contributed by atoms with Crippen LogP contribution in [0.25, 0.3) is 6.08 Å². The van der Waals surface area contributed by atoms with Gasteiger partial charge in [0, 0.05) is 24.4 Å². The van der Waals surface area contributed by atoms with E-state index >= 15 is 0 Å². The third-order valence-corrected chi connectivity index (χ3v) is 9.65. The number of imide groups is 1. The van der Waals surface area contributed by atoms with E-state index in [1.807, 2.05) is 0 Å². The van der Waals surface area contributed by atoms with Gasteiger partial charge in [-0.2, -0.15) is 4.31 Å². The molecule has 4 aliphatic rings. The highest BCUT2D eigenvalue weighted by atomic mass is 32.2. The molecule has 0 atom stereocenters. The quantitative estimate of drug-likeness (QED) is 0.569. The van der Waals surface area contributed by atoms with Crippen molar-refractivity contribution >= 4 is 45.5 Å². The fourth-order valence-corrected chi connectivity index (χ4v) is 6.82. The molecule has 37 heavy (non-hydrogen) atoms. The lowest BCUT2D eigenvalue weighted by molar-refractivity contribution is -0.125. The first-order chi connectivity index (χ1) is 17.6. The van der Waals surface area contributed by atoms with Gasteiger partial charge >= 0.3 is 6.03 Å². The summed E-state index contributed by atoms with van der Waals surface area (Å²) in [4.78, 5) is 42.6. The summed E-state index contributed by atoms with van der Waals surface area (Å²) < 4.78 is 27.5. The average molecular weight is 528 g/mol. The van der Waals surface area contributed by atoms with Crippen LogP contribution in [0.5, 0.6) is 0 Å². The van der Waals surface area contributed by atoms with Gasteiger partial charge in [-0.3, -0.25) is 14.6 Å². The van der Waals surface area contributed by atoms with Gasteiger partial charge in [-0.05, 0) is 67.9 Å². The van der Waals surface area contributed by atoms with Crippen LogP contribution < -0.4 is 15.5 Å². The zero-order valence-electron chi connectivity index (χ0n) is 21.2. The fraction of sp³-hybridized carbons (Fsp3) is 0.538. The van der Waals surface area contributed by atoms with Gasteiger partial charge in [0.25, 0.3) is 11.8 Å². The van der Waals surface area contributed by atoms with Crippen molar-refractivity contribution in [2.75, 3.05) is 24.5 Å². The number of aliphatic imine (C=N–C) groups is 1. The first-order valence-corrected chi connectivity index (χ1v) is 14.4. The van der Waals surface area contributed by atoms with Gasteiger partial charge in [-0.15, -0.1) is 0 Å². The number of hydrogen-bond donors (Lipinski definition) is 2. The number of nitrogens with one attached hydrogen (secondary N) is 2. The Labute approximate surface area is 217 Å². The predicted octanol–water partition coefficient (Wildman–Crippen LogP) is 2.54. The molecule has 1 spiro atoms. The zero-order chi connectivity index (χ0) is 26.4. The summed E-state index contributed by atoms with van der Waals surface area (Å²) in [5, 5.41) is 6.67. The molecule has 0 bridgehead atoms. The van der Waals surface area contributed by atoms with E-state index in [1.54, 1.807) is 25.1 Å². The first-order valence-electron chi connectivity index (χ1n) is 12.9. The highest BCUT2D eigenvalue weighted by molar-refractivity contribution is 7.92. The highest BCUT2D eigenvalue weighted by Gasteiger charge is 2.48. The maximum Gasteiger partial charge on any atom is 0.329 e.